The Bertz CT molecular complexity index is 437. The largest absolute Gasteiger partial charge is 0.480 e. The number of carboxylic acids is 1. The molecule has 1 aromatic carbocycles. The minimum absolute atomic E-state index is 0.0911. The van der Waals surface area contributed by atoms with E-state index in [0.29, 0.717) is 17.4 Å². The summed E-state index contributed by atoms with van der Waals surface area (Å²) >= 11 is 3.18. The summed E-state index contributed by atoms with van der Waals surface area (Å²) in [6, 6.07) is 6.09. The molecular weight excluding hydrogens is 300 g/mol. The van der Waals surface area contributed by atoms with Crippen LogP contribution in [-0.2, 0) is 16.0 Å². The van der Waals surface area contributed by atoms with Gasteiger partial charge < -0.3 is 16.2 Å². The molecule has 0 aliphatic heterocycles. The van der Waals surface area contributed by atoms with E-state index in [2.05, 4.69) is 21.2 Å². The van der Waals surface area contributed by atoms with Gasteiger partial charge in [-0.3, -0.25) is 9.59 Å². The third-order valence-corrected chi connectivity index (χ3v) is 2.70. The molecule has 18 heavy (non-hydrogen) atoms. The molecule has 0 bridgehead atoms. The third kappa shape index (κ3) is 4.85. The van der Waals surface area contributed by atoms with Gasteiger partial charge >= 0.3 is 5.97 Å². The van der Waals surface area contributed by atoms with Crippen LogP contribution in [0.4, 0.5) is 5.69 Å². The Labute approximate surface area is 113 Å². The zero-order valence-corrected chi connectivity index (χ0v) is 11.3. The third-order valence-electron chi connectivity index (χ3n) is 2.31. The normalized spacial score (nSPS) is 11.9. The first-order chi connectivity index (χ1) is 8.52. The maximum Gasteiger partial charge on any atom is 0.320 e. The van der Waals surface area contributed by atoms with Gasteiger partial charge in [-0.15, -0.1) is 0 Å². The van der Waals surface area contributed by atoms with Gasteiger partial charge in [-0.25, -0.2) is 0 Å². The van der Waals surface area contributed by atoms with Crippen molar-refractivity contribution < 1.29 is 14.7 Å². The summed E-state index contributed by atoms with van der Waals surface area (Å²) in [5, 5.41) is 12.1. The van der Waals surface area contributed by atoms with Gasteiger partial charge in [0.1, 0.15) is 6.04 Å². The number of halogens is 1. The Morgan fingerprint density at radius 3 is 2.78 bits per heavy atom. The molecule has 0 saturated carbocycles. The summed E-state index contributed by atoms with van der Waals surface area (Å²) in [6.45, 7) is 0. The second-order valence-electron chi connectivity index (χ2n) is 3.84. The van der Waals surface area contributed by atoms with Crippen LogP contribution in [0.5, 0.6) is 0 Å². The van der Waals surface area contributed by atoms with E-state index in [1.54, 1.807) is 24.3 Å². The number of hydrogen-bond acceptors (Lipinski definition) is 3. The van der Waals surface area contributed by atoms with Gasteiger partial charge in [0.25, 0.3) is 0 Å². The highest BCUT2D eigenvalue weighted by molar-refractivity contribution is 9.09. The quantitative estimate of drug-likeness (QED) is 0.691. The highest BCUT2D eigenvalue weighted by Crippen LogP contribution is 2.12. The van der Waals surface area contributed by atoms with Gasteiger partial charge in [0, 0.05) is 17.4 Å². The molecule has 5 nitrogen and oxygen atoms in total. The van der Waals surface area contributed by atoms with Gasteiger partial charge in [0.05, 0.1) is 0 Å². The molecule has 1 atom stereocenters. The van der Waals surface area contributed by atoms with Crippen LogP contribution in [0.25, 0.3) is 0 Å². The van der Waals surface area contributed by atoms with Crippen molar-refractivity contribution in [1.29, 1.82) is 0 Å². The summed E-state index contributed by atoms with van der Waals surface area (Å²) in [5.74, 6) is -1.13. The fraction of sp³-hybridized carbons (Fsp3) is 0.333. The minimum Gasteiger partial charge on any atom is -0.480 e. The number of aliphatic carboxylic acids is 1. The summed E-state index contributed by atoms with van der Waals surface area (Å²) in [7, 11) is 0. The van der Waals surface area contributed by atoms with Crippen molar-refractivity contribution in [2.45, 2.75) is 18.9 Å². The molecule has 0 heterocycles. The predicted molar refractivity (Wildman–Crippen MR) is 72.8 cm³/mol. The van der Waals surface area contributed by atoms with Gasteiger partial charge in [0.15, 0.2) is 0 Å². The van der Waals surface area contributed by atoms with Crippen molar-refractivity contribution in [3.05, 3.63) is 29.8 Å². The first-order valence-corrected chi connectivity index (χ1v) is 6.58. The zero-order valence-electron chi connectivity index (χ0n) is 9.73. The van der Waals surface area contributed by atoms with Crippen molar-refractivity contribution in [3.63, 3.8) is 0 Å². The van der Waals surface area contributed by atoms with Crippen molar-refractivity contribution in [2.24, 2.45) is 5.73 Å². The molecule has 4 N–H and O–H groups in total. The Hall–Kier alpha value is -1.40. The molecule has 0 radical (unpaired) electrons. The Morgan fingerprint density at radius 1 is 1.44 bits per heavy atom. The molecule has 0 aliphatic rings. The number of anilines is 1. The first-order valence-electron chi connectivity index (χ1n) is 5.46. The first kappa shape index (κ1) is 14.7. The van der Waals surface area contributed by atoms with Crippen LogP contribution in [0.2, 0.25) is 0 Å². The lowest BCUT2D eigenvalue weighted by Gasteiger charge is -2.09. The maximum atomic E-state index is 11.4. The van der Waals surface area contributed by atoms with Crippen LogP contribution >= 0.6 is 15.9 Å². The number of carbonyl (C=O) groups excluding carboxylic acids is 1. The molecule has 0 saturated heterocycles. The van der Waals surface area contributed by atoms with E-state index in [1.807, 2.05) is 0 Å². The van der Waals surface area contributed by atoms with Crippen molar-refractivity contribution in [2.75, 3.05) is 10.6 Å². The lowest BCUT2D eigenvalue weighted by atomic mass is 10.1. The number of nitrogens with one attached hydrogen (secondary N) is 1. The number of alkyl halides is 1. The Morgan fingerprint density at radius 2 is 2.17 bits per heavy atom. The number of hydrogen-bond donors (Lipinski definition) is 3. The fourth-order valence-corrected chi connectivity index (χ4v) is 1.79. The standard InChI is InChI=1S/C12H15BrN2O3/c13-5-4-11(16)15-9-3-1-2-8(6-9)7-10(14)12(17)18/h1-3,6,10H,4-5,7,14H2,(H,15,16)(H,17,18)/t10-/m0/s1. The molecule has 1 rings (SSSR count). The van der Waals surface area contributed by atoms with Gasteiger partial charge in [-0.2, -0.15) is 0 Å². The van der Waals surface area contributed by atoms with E-state index in [0.717, 1.165) is 5.56 Å². The molecular formula is C12H15BrN2O3. The van der Waals surface area contributed by atoms with E-state index < -0.39 is 12.0 Å². The zero-order chi connectivity index (χ0) is 13.5. The van der Waals surface area contributed by atoms with Gasteiger partial charge in [-0.05, 0) is 24.1 Å². The molecule has 1 aromatic rings. The van der Waals surface area contributed by atoms with Gasteiger partial charge in [-0.1, -0.05) is 28.1 Å². The van der Waals surface area contributed by atoms with E-state index in [-0.39, 0.29) is 12.3 Å². The van der Waals surface area contributed by atoms with Crippen LogP contribution in [0, 0.1) is 0 Å². The van der Waals surface area contributed by atoms with Crippen LogP contribution in [0.15, 0.2) is 24.3 Å². The summed E-state index contributed by atoms with van der Waals surface area (Å²) < 4.78 is 0. The molecule has 1 amide bonds. The smallest absolute Gasteiger partial charge is 0.320 e. The second-order valence-corrected chi connectivity index (χ2v) is 4.63. The molecule has 6 heteroatoms. The SMILES string of the molecule is N[C@@H](Cc1cccc(NC(=O)CCBr)c1)C(=O)O. The summed E-state index contributed by atoms with van der Waals surface area (Å²) in [5.41, 5.74) is 6.88. The molecule has 98 valence electrons. The molecule has 0 unspecified atom stereocenters. The number of amides is 1. The average Bonchev–Trinajstić information content (AvgIpc) is 2.29. The van der Waals surface area contributed by atoms with E-state index in [4.69, 9.17) is 10.8 Å². The minimum atomic E-state index is -1.04. The number of rotatable bonds is 6. The topological polar surface area (TPSA) is 92.4 Å². The summed E-state index contributed by atoms with van der Waals surface area (Å²) in [6.07, 6.45) is 0.621. The lowest BCUT2D eigenvalue weighted by Crippen LogP contribution is -2.32. The number of carbonyl (C=O) groups is 2. The fourth-order valence-electron chi connectivity index (χ4n) is 1.43. The number of benzene rings is 1. The second kappa shape index (κ2) is 7.13. The van der Waals surface area contributed by atoms with Crippen LogP contribution < -0.4 is 11.1 Å². The van der Waals surface area contributed by atoms with Gasteiger partial charge in [0.2, 0.25) is 5.91 Å². The molecule has 0 aromatic heterocycles. The van der Waals surface area contributed by atoms with Crippen molar-refractivity contribution >= 4 is 33.5 Å². The Balaban J connectivity index is 2.67. The number of nitrogens with two attached hydrogens (primary N) is 1. The highest BCUT2D eigenvalue weighted by atomic mass is 79.9. The lowest BCUT2D eigenvalue weighted by molar-refractivity contribution is -0.138. The van der Waals surface area contributed by atoms with E-state index in [9.17, 15) is 9.59 Å². The van der Waals surface area contributed by atoms with E-state index >= 15 is 0 Å². The van der Waals surface area contributed by atoms with Crippen LogP contribution in [0.3, 0.4) is 0 Å². The maximum absolute atomic E-state index is 11.4. The monoisotopic (exact) mass is 314 g/mol. The van der Waals surface area contributed by atoms with Crippen molar-refractivity contribution in [3.8, 4) is 0 Å². The van der Waals surface area contributed by atoms with E-state index in [1.165, 1.54) is 0 Å². The number of carboxylic acid groups (broad SMARTS) is 1. The van der Waals surface area contributed by atoms with Crippen molar-refractivity contribution in [1.82, 2.24) is 0 Å². The summed E-state index contributed by atoms with van der Waals surface area (Å²) in [4.78, 5) is 22.0. The average molecular weight is 315 g/mol. The molecule has 0 spiro atoms. The predicted octanol–water partition coefficient (Wildman–Crippen LogP) is 1.36. The Kier molecular flexibility index (Phi) is 5.80. The highest BCUT2D eigenvalue weighted by Gasteiger charge is 2.12. The van der Waals surface area contributed by atoms with Crippen LogP contribution in [0.1, 0.15) is 12.0 Å². The van der Waals surface area contributed by atoms with Crippen LogP contribution in [-0.4, -0.2) is 28.4 Å². The molecule has 0 aliphatic carbocycles. The molecule has 0 fully saturated rings.